The van der Waals surface area contributed by atoms with Crippen molar-refractivity contribution in [3.8, 4) is 0 Å². The number of hydrogen-bond donors (Lipinski definition) is 0. The predicted octanol–water partition coefficient (Wildman–Crippen LogP) is 5.82. The number of carbonyl (C=O) groups excluding carboxylic acids is 2. The first-order chi connectivity index (χ1) is 12.7. The van der Waals surface area contributed by atoms with Crippen LogP contribution in [0.2, 0.25) is 0 Å². The molecule has 0 aliphatic rings. The van der Waals surface area contributed by atoms with E-state index in [1.165, 1.54) is 7.11 Å². The Morgan fingerprint density at radius 1 is 0.692 bits per heavy atom. The van der Waals surface area contributed by atoms with Gasteiger partial charge in [-0.1, -0.05) is 79.8 Å². The molecule has 0 radical (unpaired) electrons. The Hall–Kier alpha value is -2.42. The lowest BCUT2D eigenvalue weighted by atomic mass is 10.1. The zero-order chi connectivity index (χ0) is 19.3. The normalized spacial score (nSPS) is 12.7. The molecular weight excluding hydrogens is 324 g/mol. The maximum atomic E-state index is 11.5. The number of methoxy groups -OCH3 is 1. The third kappa shape index (κ3) is 17.9. The summed E-state index contributed by atoms with van der Waals surface area (Å²) in [4.78, 5) is 22.4. The number of carbonyl (C=O) groups is 2. The second-order valence-electron chi connectivity index (χ2n) is 5.59. The van der Waals surface area contributed by atoms with Crippen molar-refractivity contribution in [3.63, 3.8) is 0 Å². The maximum absolute atomic E-state index is 11.5. The van der Waals surface area contributed by atoms with Crippen LogP contribution in [0.25, 0.3) is 0 Å². The van der Waals surface area contributed by atoms with Crippen molar-refractivity contribution >= 4 is 11.8 Å². The Morgan fingerprint density at radius 2 is 1.23 bits per heavy atom. The molecule has 0 heterocycles. The van der Waals surface area contributed by atoms with Crippen molar-refractivity contribution in [2.75, 3.05) is 7.11 Å². The van der Waals surface area contributed by atoms with Gasteiger partial charge in [-0.15, -0.1) is 0 Å². The minimum absolute atomic E-state index is 0.0381. The minimum Gasteiger partial charge on any atom is -0.469 e. The first-order valence-electron chi connectivity index (χ1n) is 9.22. The van der Waals surface area contributed by atoms with E-state index in [4.69, 9.17) is 0 Å². The molecule has 0 aromatic rings. The predicted molar refractivity (Wildman–Crippen MR) is 110 cm³/mol. The van der Waals surface area contributed by atoms with E-state index in [1.807, 2.05) is 24.3 Å². The van der Waals surface area contributed by atoms with Crippen molar-refractivity contribution in [2.45, 2.75) is 51.9 Å². The monoisotopic (exact) mass is 356 g/mol. The summed E-state index contributed by atoms with van der Waals surface area (Å²) >= 11 is 0. The van der Waals surface area contributed by atoms with Gasteiger partial charge in [-0.25, -0.2) is 0 Å². The number of ketones is 1. The first kappa shape index (κ1) is 23.6. The third-order valence-corrected chi connectivity index (χ3v) is 3.34. The summed E-state index contributed by atoms with van der Waals surface area (Å²) < 4.78 is 4.50. The fourth-order valence-electron chi connectivity index (χ4n) is 1.89. The lowest BCUT2D eigenvalue weighted by Gasteiger charge is -1.96. The molecule has 0 N–H and O–H groups in total. The third-order valence-electron chi connectivity index (χ3n) is 3.34. The Balaban J connectivity index is 3.71. The van der Waals surface area contributed by atoms with Gasteiger partial charge in [0.05, 0.1) is 13.5 Å². The minimum atomic E-state index is -0.346. The van der Waals surface area contributed by atoms with Crippen LogP contribution < -0.4 is 0 Å². The van der Waals surface area contributed by atoms with Gasteiger partial charge in [0.25, 0.3) is 0 Å². The molecule has 0 saturated heterocycles. The molecule has 0 bridgehead atoms. The molecule has 0 atom stereocenters. The van der Waals surface area contributed by atoms with Gasteiger partial charge in [-0.05, 0) is 25.7 Å². The SMILES string of the molecule is CC/C=C\C/C=C\C/C=C\C\C=C/C=C/C=C/CC(=O)CCC(=O)OC. The molecule has 0 fully saturated rings. The lowest BCUT2D eigenvalue weighted by molar-refractivity contribution is -0.141. The van der Waals surface area contributed by atoms with Crippen LogP contribution in [-0.4, -0.2) is 18.9 Å². The number of allylic oxidation sites excluding steroid dienone is 12. The zero-order valence-corrected chi connectivity index (χ0v) is 16.1. The van der Waals surface area contributed by atoms with Gasteiger partial charge in [0.15, 0.2) is 0 Å². The number of ether oxygens (including phenoxy) is 1. The second kappa shape index (κ2) is 18.9. The summed E-state index contributed by atoms with van der Waals surface area (Å²) in [7, 11) is 1.32. The number of Topliss-reactive ketones (excluding diaryl/α,β-unsaturated/α-hetero) is 1. The van der Waals surface area contributed by atoms with E-state index in [2.05, 4.69) is 54.2 Å². The average molecular weight is 357 g/mol. The molecule has 0 aliphatic heterocycles. The molecule has 142 valence electrons. The summed E-state index contributed by atoms with van der Waals surface area (Å²) in [5.74, 6) is -0.308. The fourth-order valence-corrected chi connectivity index (χ4v) is 1.89. The van der Waals surface area contributed by atoms with Gasteiger partial charge < -0.3 is 4.74 Å². The molecular formula is C23H32O3. The molecule has 0 rings (SSSR count). The highest BCUT2D eigenvalue weighted by Crippen LogP contribution is 1.98. The smallest absolute Gasteiger partial charge is 0.305 e. The molecule has 3 heteroatoms. The van der Waals surface area contributed by atoms with Crippen molar-refractivity contribution in [2.24, 2.45) is 0 Å². The Bertz CT molecular complexity index is 546. The highest BCUT2D eigenvalue weighted by molar-refractivity contribution is 5.83. The van der Waals surface area contributed by atoms with E-state index >= 15 is 0 Å². The molecule has 0 amide bonds. The molecule has 0 aromatic heterocycles. The van der Waals surface area contributed by atoms with E-state index in [0.717, 1.165) is 25.7 Å². The molecule has 0 aliphatic carbocycles. The van der Waals surface area contributed by atoms with Crippen molar-refractivity contribution in [1.82, 2.24) is 0 Å². The summed E-state index contributed by atoms with van der Waals surface area (Å²) in [5.41, 5.74) is 0. The summed E-state index contributed by atoms with van der Waals surface area (Å²) in [6.07, 6.45) is 29.3. The first-order valence-corrected chi connectivity index (χ1v) is 9.22. The van der Waals surface area contributed by atoms with Gasteiger partial charge >= 0.3 is 5.97 Å². The van der Waals surface area contributed by atoms with Crippen LogP contribution in [0.1, 0.15) is 51.9 Å². The lowest BCUT2D eigenvalue weighted by Crippen LogP contribution is -2.04. The van der Waals surface area contributed by atoms with E-state index in [1.54, 1.807) is 6.08 Å². The van der Waals surface area contributed by atoms with Crippen molar-refractivity contribution in [1.29, 1.82) is 0 Å². The largest absolute Gasteiger partial charge is 0.469 e. The van der Waals surface area contributed by atoms with Gasteiger partial charge in [0.2, 0.25) is 0 Å². The van der Waals surface area contributed by atoms with Gasteiger partial charge in [0.1, 0.15) is 5.78 Å². The second-order valence-corrected chi connectivity index (χ2v) is 5.59. The Labute approximate surface area is 158 Å². The highest BCUT2D eigenvalue weighted by Gasteiger charge is 2.04. The summed E-state index contributed by atoms with van der Waals surface area (Å²) in [5, 5.41) is 0. The zero-order valence-electron chi connectivity index (χ0n) is 16.1. The number of rotatable bonds is 14. The standard InChI is InChI=1S/C23H32O3/c1-3-4-5-6-7-8-9-10-11-12-13-14-15-16-17-18-19-22(24)20-21-23(25)26-2/h4-5,7-8,10-11,13-18H,3,6,9,12,19-21H2,1-2H3/b5-4-,8-7-,11-10-,14-13-,16-15+,18-17+. The quantitative estimate of drug-likeness (QED) is 0.224. The molecule has 0 saturated carbocycles. The van der Waals surface area contributed by atoms with Gasteiger partial charge in [0, 0.05) is 12.8 Å². The van der Waals surface area contributed by atoms with Crippen LogP contribution in [0.4, 0.5) is 0 Å². The number of esters is 1. The van der Waals surface area contributed by atoms with Crippen LogP contribution >= 0.6 is 0 Å². The van der Waals surface area contributed by atoms with Crippen molar-refractivity contribution < 1.29 is 14.3 Å². The molecule has 0 unspecified atom stereocenters. The van der Waals surface area contributed by atoms with E-state index in [-0.39, 0.29) is 24.6 Å². The topological polar surface area (TPSA) is 43.4 Å². The van der Waals surface area contributed by atoms with Gasteiger partial charge in [-0.3, -0.25) is 9.59 Å². The van der Waals surface area contributed by atoms with Crippen LogP contribution in [0, 0.1) is 0 Å². The molecule has 0 spiro atoms. The summed E-state index contributed by atoms with van der Waals surface area (Å²) in [6.45, 7) is 2.14. The van der Waals surface area contributed by atoms with E-state index < -0.39 is 0 Å². The van der Waals surface area contributed by atoms with Crippen LogP contribution in [-0.2, 0) is 14.3 Å². The Morgan fingerprint density at radius 3 is 1.81 bits per heavy atom. The summed E-state index contributed by atoms with van der Waals surface area (Å²) in [6, 6.07) is 0. The number of hydrogen-bond acceptors (Lipinski definition) is 3. The van der Waals surface area contributed by atoms with Crippen LogP contribution in [0.15, 0.2) is 72.9 Å². The van der Waals surface area contributed by atoms with E-state index in [0.29, 0.717) is 6.42 Å². The molecule has 26 heavy (non-hydrogen) atoms. The molecule has 0 aromatic carbocycles. The van der Waals surface area contributed by atoms with Crippen molar-refractivity contribution in [3.05, 3.63) is 72.9 Å². The van der Waals surface area contributed by atoms with Crippen LogP contribution in [0.5, 0.6) is 0 Å². The van der Waals surface area contributed by atoms with E-state index in [9.17, 15) is 9.59 Å². The fraction of sp³-hybridized carbons (Fsp3) is 0.391. The van der Waals surface area contributed by atoms with Gasteiger partial charge in [-0.2, -0.15) is 0 Å². The average Bonchev–Trinajstić information content (AvgIpc) is 2.65. The Kier molecular flexibility index (Phi) is 17.2. The molecule has 3 nitrogen and oxygen atoms in total. The highest BCUT2D eigenvalue weighted by atomic mass is 16.5. The maximum Gasteiger partial charge on any atom is 0.305 e. The van der Waals surface area contributed by atoms with Crippen LogP contribution in [0.3, 0.4) is 0 Å².